The second-order valence-corrected chi connectivity index (χ2v) is 4.72. The number of hydrogen-bond donors (Lipinski definition) is 0. The van der Waals surface area contributed by atoms with Crippen LogP contribution >= 0.6 is 0 Å². The molecular weight excluding hydrogens is 276 g/mol. The predicted octanol–water partition coefficient (Wildman–Crippen LogP) is 3.12. The maximum Gasteiger partial charge on any atom is 0.158 e. The fraction of sp³-hybridized carbons (Fsp3) is 0.316. The van der Waals surface area contributed by atoms with E-state index in [1.165, 1.54) is 0 Å². The van der Waals surface area contributed by atoms with Gasteiger partial charge < -0.3 is 9.47 Å². The Balaban J connectivity index is 2.41. The first-order valence-corrected chi connectivity index (χ1v) is 6.94. The summed E-state index contributed by atoms with van der Waals surface area (Å²) in [7, 11) is 1.60. The molecule has 114 valence electrons. The van der Waals surface area contributed by atoms with Crippen molar-refractivity contribution in [2.24, 2.45) is 0 Å². The van der Waals surface area contributed by atoms with Gasteiger partial charge in [0.25, 0.3) is 0 Å². The molecule has 0 atom stereocenters. The largest absolute Gasteiger partial charge is 0.497 e. The van der Waals surface area contributed by atoms with Crippen molar-refractivity contribution >= 4 is 5.78 Å². The summed E-state index contributed by atoms with van der Waals surface area (Å²) in [5.74, 6) is 9.18. The van der Waals surface area contributed by atoms with Crippen LogP contribution in [0.15, 0.2) is 30.4 Å². The number of carbonyl (C=O) groups is 1. The molecule has 0 fully saturated rings. The first kappa shape index (κ1) is 17.6. The molecular formula is C19H20O3. The molecule has 0 aliphatic rings. The molecule has 3 nitrogen and oxygen atoms in total. The fourth-order valence-electron chi connectivity index (χ4n) is 1.70. The SMILES string of the molecule is C#Cc1ccc(OC)cc1COCC#CCCC(=O)C(=C)C. The number of carbonyl (C=O) groups excluding carboxylic acids is 1. The Morgan fingerprint density at radius 1 is 1.36 bits per heavy atom. The molecule has 3 heteroatoms. The number of ketones is 1. The lowest BCUT2D eigenvalue weighted by Crippen LogP contribution is -1.98. The highest BCUT2D eigenvalue weighted by atomic mass is 16.5. The van der Waals surface area contributed by atoms with Crippen LogP contribution in [-0.2, 0) is 16.1 Å². The maximum atomic E-state index is 11.3. The Morgan fingerprint density at radius 3 is 2.77 bits per heavy atom. The van der Waals surface area contributed by atoms with E-state index in [0.29, 0.717) is 31.6 Å². The van der Waals surface area contributed by atoms with Crippen molar-refractivity contribution < 1.29 is 14.3 Å². The third-order valence-electron chi connectivity index (χ3n) is 2.98. The third-order valence-corrected chi connectivity index (χ3v) is 2.98. The van der Waals surface area contributed by atoms with Crippen LogP contribution < -0.4 is 4.74 Å². The fourth-order valence-corrected chi connectivity index (χ4v) is 1.70. The second-order valence-electron chi connectivity index (χ2n) is 4.72. The Kier molecular flexibility index (Phi) is 7.54. The van der Waals surface area contributed by atoms with Crippen molar-refractivity contribution in [3.8, 4) is 29.9 Å². The van der Waals surface area contributed by atoms with Crippen LogP contribution in [0, 0.1) is 24.2 Å². The molecule has 0 spiro atoms. The number of ether oxygens (including phenoxy) is 2. The number of rotatable bonds is 7. The zero-order valence-electron chi connectivity index (χ0n) is 13.1. The number of Topliss-reactive ketones (excluding diaryl/α,β-unsaturated/α-hetero) is 1. The lowest BCUT2D eigenvalue weighted by Gasteiger charge is -2.07. The molecule has 0 bridgehead atoms. The number of allylic oxidation sites excluding steroid dienone is 1. The van der Waals surface area contributed by atoms with Crippen molar-refractivity contribution in [1.29, 1.82) is 0 Å². The van der Waals surface area contributed by atoms with Crippen molar-refractivity contribution in [2.75, 3.05) is 13.7 Å². The first-order valence-electron chi connectivity index (χ1n) is 6.94. The topological polar surface area (TPSA) is 35.5 Å². The highest BCUT2D eigenvalue weighted by molar-refractivity contribution is 5.94. The summed E-state index contributed by atoms with van der Waals surface area (Å²) in [6.07, 6.45) is 6.37. The standard InChI is InChI=1S/C19H20O3/c1-5-16-10-11-18(21-4)13-17(16)14-22-12-8-6-7-9-19(20)15(2)3/h1,10-11,13H,2,7,9,12,14H2,3-4H3. The van der Waals surface area contributed by atoms with E-state index in [1.54, 1.807) is 14.0 Å². The van der Waals surface area contributed by atoms with Gasteiger partial charge in [-0.25, -0.2) is 0 Å². The third kappa shape index (κ3) is 5.87. The van der Waals surface area contributed by atoms with Crippen LogP contribution in [-0.4, -0.2) is 19.5 Å². The van der Waals surface area contributed by atoms with Gasteiger partial charge in [-0.1, -0.05) is 18.4 Å². The number of methoxy groups -OCH3 is 1. The lowest BCUT2D eigenvalue weighted by molar-refractivity contribution is -0.115. The van der Waals surface area contributed by atoms with E-state index < -0.39 is 0 Å². The van der Waals surface area contributed by atoms with Crippen molar-refractivity contribution in [3.05, 3.63) is 41.5 Å². The molecule has 22 heavy (non-hydrogen) atoms. The maximum absolute atomic E-state index is 11.3. The summed E-state index contributed by atoms with van der Waals surface area (Å²) in [6, 6.07) is 5.50. The Hall–Kier alpha value is -2.49. The summed E-state index contributed by atoms with van der Waals surface area (Å²) >= 11 is 0. The van der Waals surface area contributed by atoms with Gasteiger partial charge in [-0.05, 0) is 36.3 Å². The van der Waals surface area contributed by atoms with Crippen LogP contribution in [0.25, 0.3) is 0 Å². The highest BCUT2D eigenvalue weighted by Gasteiger charge is 2.02. The highest BCUT2D eigenvalue weighted by Crippen LogP contribution is 2.17. The average molecular weight is 296 g/mol. The molecule has 0 unspecified atom stereocenters. The predicted molar refractivity (Wildman–Crippen MR) is 87.4 cm³/mol. The Bertz CT molecular complexity index is 639. The molecule has 1 aromatic rings. The summed E-state index contributed by atoms with van der Waals surface area (Å²) < 4.78 is 10.7. The molecule has 0 radical (unpaired) electrons. The first-order chi connectivity index (χ1) is 10.6. The van der Waals surface area contributed by atoms with E-state index in [-0.39, 0.29) is 5.78 Å². The van der Waals surface area contributed by atoms with Gasteiger partial charge in [0.05, 0.1) is 13.7 Å². The summed E-state index contributed by atoms with van der Waals surface area (Å²) in [5.41, 5.74) is 2.24. The number of hydrogen-bond acceptors (Lipinski definition) is 3. The monoisotopic (exact) mass is 296 g/mol. The minimum absolute atomic E-state index is 0.0465. The van der Waals surface area contributed by atoms with E-state index >= 15 is 0 Å². The van der Waals surface area contributed by atoms with E-state index in [9.17, 15) is 4.79 Å². The second kappa shape index (κ2) is 9.45. The molecule has 1 rings (SSSR count). The van der Waals surface area contributed by atoms with Gasteiger partial charge in [0, 0.05) is 18.4 Å². The Labute approximate surface area is 132 Å². The quantitative estimate of drug-likeness (QED) is 0.440. The molecule has 0 aliphatic carbocycles. The van der Waals surface area contributed by atoms with E-state index in [2.05, 4.69) is 24.3 Å². The van der Waals surface area contributed by atoms with Crippen molar-refractivity contribution in [1.82, 2.24) is 0 Å². The van der Waals surface area contributed by atoms with Crippen LogP contribution in [0.1, 0.15) is 30.9 Å². The zero-order chi connectivity index (χ0) is 16.4. The molecule has 0 aromatic heterocycles. The summed E-state index contributed by atoms with van der Waals surface area (Å²) in [5, 5.41) is 0. The van der Waals surface area contributed by atoms with E-state index in [4.69, 9.17) is 15.9 Å². The van der Waals surface area contributed by atoms with Crippen molar-refractivity contribution in [2.45, 2.75) is 26.4 Å². The van der Waals surface area contributed by atoms with Gasteiger partial charge in [-0.2, -0.15) is 0 Å². The van der Waals surface area contributed by atoms with Crippen LogP contribution in [0.4, 0.5) is 0 Å². The Morgan fingerprint density at radius 2 is 2.14 bits per heavy atom. The van der Waals surface area contributed by atoms with Gasteiger partial charge in [0.2, 0.25) is 0 Å². The molecule has 0 heterocycles. The normalized spacial score (nSPS) is 9.32. The van der Waals surface area contributed by atoms with Crippen LogP contribution in [0.2, 0.25) is 0 Å². The molecule has 0 amide bonds. The number of benzene rings is 1. The molecule has 0 aliphatic heterocycles. The molecule has 1 aromatic carbocycles. The minimum Gasteiger partial charge on any atom is -0.497 e. The van der Waals surface area contributed by atoms with Gasteiger partial charge in [0.1, 0.15) is 12.4 Å². The molecule has 0 saturated heterocycles. The summed E-state index contributed by atoms with van der Waals surface area (Å²) in [4.78, 5) is 11.3. The van der Waals surface area contributed by atoms with Gasteiger partial charge in [-0.15, -0.1) is 12.3 Å². The van der Waals surface area contributed by atoms with Crippen LogP contribution in [0.3, 0.4) is 0 Å². The van der Waals surface area contributed by atoms with E-state index in [0.717, 1.165) is 16.9 Å². The van der Waals surface area contributed by atoms with Gasteiger partial charge >= 0.3 is 0 Å². The van der Waals surface area contributed by atoms with Crippen LogP contribution in [0.5, 0.6) is 5.75 Å². The lowest BCUT2D eigenvalue weighted by atomic mass is 10.1. The molecule has 0 saturated carbocycles. The van der Waals surface area contributed by atoms with Gasteiger partial charge in [0.15, 0.2) is 5.78 Å². The average Bonchev–Trinajstić information content (AvgIpc) is 2.53. The smallest absolute Gasteiger partial charge is 0.158 e. The number of terminal acetylenes is 1. The van der Waals surface area contributed by atoms with E-state index in [1.807, 2.05) is 18.2 Å². The zero-order valence-corrected chi connectivity index (χ0v) is 13.1. The van der Waals surface area contributed by atoms with Gasteiger partial charge in [-0.3, -0.25) is 4.79 Å². The molecule has 0 N–H and O–H groups in total. The summed E-state index contributed by atoms with van der Waals surface area (Å²) in [6.45, 7) is 5.97. The minimum atomic E-state index is 0.0465. The van der Waals surface area contributed by atoms with Crippen molar-refractivity contribution in [3.63, 3.8) is 0 Å².